The molecule has 0 spiro atoms. The molecule has 2 heterocycles. The van der Waals surface area contributed by atoms with Crippen LogP contribution < -0.4 is 5.32 Å². The quantitative estimate of drug-likeness (QED) is 0.862. The summed E-state index contributed by atoms with van der Waals surface area (Å²) in [6.45, 7) is 6.77. The molecule has 0 unspecified atom stereocenters. The van der Waals surface area contributed by atoms with E-state index in [4.69, 9.17) is 0 Å². The van der Waals surface area contributed by atoms with E-state index in [1.54, 1.807) is 12.5 Å². The highest BCUT2D eigenvalue weighted by Crippen LogP contribution is 2.07. The molecule has 1 saturated heterocycles. The van der Waals surface area contributed by atoms with Crippen LogP contribution in [0.3, 0.4) is 0 Å². The summed E-state index contributed by atoms with van der Waals surface area (Å²) in [6, 6.07) is 0.790. The van der Waals surface area contributed by atoms with Gasteiger partial charge in [0.25, 0.3) is 0 Å². The van der Waals surface area contributed by atoms with E-state index in [0.29, 0.717) is 18.5 Å². The van der Waals surface area contributed by atoms with E-state index >= 15 is 0 Å². The van der Waals surface area contributed by atoms with Crippen LogP contribution in [0.15, 0.2) is 18.7 Å². The summed E-state index contributed by atoms with van der Waals surface area (Å²) >= 11 is 0. The fraction of sp³-hybridized carbons (Fsp3) is 0.692. The Bertz CT molecular complexity index is 366. The smallest absolute Gasteiger partial charge is 0.222 e. The molecule has 1 aromatic rings. The van der Waals surface area contributed by atoms with Gasteiger partial charge >= 0.3 is 0 Å². The first-order valence-electron chi connectivity index (χ1n) is 6.64. The molecule has 1 amide bonds. The number of aryl methyl sites for hydroxylation is 1. The van der Waals surface area contributed by atoms with Crippen LogP contribution >= 0.6 is 0 Å². The standard InChI is InChI=1S/C13H22N4O/c1-11-8-17(9-12(2)15-11)13(18)4-3-6-16-7-5-14-10-16/h5,7,10-12,15H,3-4,6,8-9H2,1-2H3/t11-,12+. The zero-order valence-electron chi connectivity index (χ0n) is 11.2. The molecular formula is C13H22N4O. The predicted octanol–water partition coefficient (Wildman–Crippen LogP) is 0.872. The average molecular weight is 250 g/mol. The Labute approximate surface area is 108 Å². The van der Waals surface area contributed by atoms with Crippen LogP contribution in [0, 0.1) is 0 Å². The molecular weight excluding hydrogens is 228 g/mol. The van der Waals surface area contributed by atoms with E-state index in [9.17, 15) is 4.79 Å². The van der Waals surface area contributed by atoms with Crippen LogP contribution in [0.1, 0.15) is 26.7 Å². The van der Waals surface area contributed by atoms with Gasteiger partial charge in [0, 0.05) is 50.5 Å². The molecule has 0 aliphatic carbocycles. The van der Waals surface area contributed by atoms with Crippen molar-refractivity contribution < 1.29 is 4.79 Å². The summed E-state index contributed by atoms with van der Waals surface area (Å²) in [7, 11) is 0. The van der Waals surface area contributed by atoms with Gasteiger partial charge in [-0.05, 0) is 20.3 Å². The number of carbonyl (C=O) groups excluding carboxylic acids is 1. The minimum absolute atomic E-state index is 0.273. The monoisotopic (exact) mass is 250 g/mol. The number of rotatable bonds is 4. The molecule has 18 heavy (non-hydrogen) atoms. The molecule has 1 aromatic heterocycles. The van der Waals surface area contributed by atoms with Crippen molar-refractivity contribution in [1.29, 1.82) is 0 Å². The third-order valence-corrected chi connectivity index (χ3v) is 3.28. The van der Waals surface area contributed by atoms with E-state index in [1.807, 2.05) is 15.7 Å². The number of hydrogen-bond donors (Lipinski definition) is 1. The van der Waals surface area contributed by atoms with Crippen LogP contribution in [0.2, 0.25) is 0 Å². The van der Waals surface area contributed by atoms with Gasteiger partial charge < -0.3 is 14.8 Å². The van der Waals surface area contributed by atoms with Crippen molar-refractivity contribution in [1.82, 2.24) is 19.8 Å². The highest BCUT2D eigenvalue weighted by Gasteiger charge is 2.23. The number of piperazine rings is 1. The highest BCUT2D eigenvalue weighted by atomic mass is 16.2. The molecule has 0 radical (unpaired) electrons. The van der Waals surface area contributed by atoms with Gasteiger partial charge in [-0.2, -0.15) is 0 Å². The van der Waals surface area contributed by atoms with Crippen LogP contribution in [-0.4, -0.2) is 45.5 Å². The van der Waals surface area contributed by atoms with Gasteiger partial charge in [0.2, 0.25) is 5.91 Å². The maximum absolute atomic E-state index is 12.1. The molecule has 0 saturated carbocycles. The first-order chi connectivity index (χ1) is 8.65. The zero-order valence-corrected chi connectivity index (χ0v) is 11.2. The first-order valence-corrected chi connectivity index (χ1v) is 6.64. The van der Waals surface area contributed by atoms with Gasteiger partial charge in [-0.1, -0.05) is 0 Å². The van der Waals surface area contributed by atoms with Crippen LogP contribution in [-0.2, 0) is 11.3 Å². The number of amides is 1. The summed E-state index contributed by atoms with van der Waals surface area (Å²) < 4.78 is 2.01. The number of aromatic nitrogens is 2. The average Bonchev–Trinajstić information content (AvgIpc) is 2.80. The topological polar surface area (TPSA) is 50.2 Å². The fourth-order valence-electron chi connectivity index (χ4n) is 2.52. The van der Waals surface area contributed by atoms with E-state index in [-0.39, 0.29) is 5.91 Å². The molecule has 1 fully saturated rings. The van der Waals surface area contributed by atoms with Crippen LogP contribution in [0.4, 0.5) is 0 Å². The number of nitrogens with zero attached hydrogens (tertiary/aromatic N) is 3. The van der Waals surface area contributed by atoms with E-state index < -0.39 is 0 Å². The maximum atomic E-state index is 12.1. The van der Waals surface area contributed by atoms with Crippen molar-refractivity contribution in [2.75, 3.05) is 13.1 Å². The Hall–Kier alpha value is -1.36. The molecule has 1 aliphatic rings. The molecule has 5 heteroatoms. The molecule has 0 aromatic carbocycles. The predicted molar refractivity (Wildman–Crippen MR) is 70.1 cm³/mol. The summed E-state index contributed by atoms with van der Waals surface area (Å²) in [4.78, 5) is 18.1. The summed E-state index contributed by atoms with van der Waals surface area (Å²) in [5, 5.41) is 3.44. The number of hydrogen-bond acceptors (Lipinski definition) is 3. The molecule has 2 atom stereocenters. The minimum atomic E-state index is 0.273. The van der Waals surface area contributed by atoms with Crippen molar-refractivity contribution in [3.05, 3.63) is 18.7 Å². The van der Waals surface area contributed by atoms with Crippen molar-refractivity contribution >= 4 is 5.91 Å². The summed E-state index contributed by atoms with van der Waals surface area (Å²) in [5.41, 5.74) is 0. The van der Waals surface area contributed by atoms with Crippen molar-refractivity contribution in [2.24, 2.45) is 0 Å². The second-order valence-electron chi connectivity index (χ2n) is 5.17. The molecule has 100 valence electrons. The first kappa shape index (κ1) is 13.1. The molecule has 1 aliphatic heterocycles. The molecule has 5 nitrogen and oxygen atoms in total. The SMILES string of the molecule is C[C@@H]1CN(C(=O)CCCn2ccnc2)C[C@H](C)N1. The fourth-order valence-corrected chi connectivity index (χ4v) is 2.52. The maximum Gasteiger partial charge on any atom is 0.222 e. The summed E-state index contributed by atoms with van der Waals surface area (Å²) in [6.07, 6.45) is 6.99. The van der Waals surface area contributed by atoms with E-state index in [1.165, 1.54) is 0 Å². The van der Waals surface area contributed by atoms with Gasteiger partial charge in [-0.25, -0.2) is 4.98 Å². The van der Waals surface area contributed by atoms with Gasteiger partial charge in [-0.15, -0.1) is 0 Å². The van der Waals surface area contributed by atoms with E-state index in [2.05, 4.69) is 24.1 Å². The number of nitrogens with one attached hydrogen (secondary N) is 1. The Balaban J connectivity index is 1.74. The lowest BCUT2D eigenvalue weighted by Crippen LogP contribution is -2.55. The van der Waals surface area contributed by atoms with E-state index in [0.717, 1.165) is 26.1 Å². The van der Waals surface area contributed by atoms with Gasteiger partial charge in [0.1, 0.15) is 0 Å². The van der Waals surface area contributed by atoms with Crippen molar-refractivity contribution in [3.63, 3.8) is 0 Å². The Kier molecular flexibility index (Phi) is 4.36. The largest absolute Gasteiger partial charge is 0.340 e. The Morgan fingerprint density at radius 2 is 2.11 bits per heavy atom. The van der Waals surface area contributed by atoms with Gasteiger partial charge in [0.05, 0.1) is 6.33 Å². The third-order valence-electron chi connectivity index (χ3n) is 3.28. The van der Waals surface area contributed by atoms with Gasteiger partial charge in [-0.3, -0.25) is 4.79 Å². The molecule has 0 bridgehead atoms. The highest BCUT2D eigenvalue weighted by molar-refractivity contribution is 5.76. The Morgan fingerprint density at radius 1 is 1.39 bits per heavy atom. The second-order valence-corrected chi connectivity index (χ2v) is 5.17. The zero-order chi connectivity index (χ0) is 13.0. The molecule has 2 rings (SSSR count). The lowest BCUT2D eigenvalue weighted by atomic mass is 10.1. The lowest BCUT2D eigenvalue weighted by Gasteiger charge is -2.36. The lowest BCUT2D eigenvalue weighted by molar-refractivity contribution is -0.133. The van der Waals surface area contributed by atoms with Crippen molar-refractivity contribution in [2.45, 2.75) is 45.3 Å². The number of imidazole rings is 1. The summed E-state index contributed by atoms with van der Waals surface area (Å²) in [5.74, 6) is 0.273. The third kappa shape index (κ3) is 3.57. The minimum Gasteiger partial charge on any atom is -0.340 e. The number of carbonyl (C=O) groups is 1. The molecule has 1 N–H and O–H groups in total. The van der Waals surface area contributed by atoms with Gasteiger partial charge in [0.15, 0.2) is 0 Å². The van der Waals surface area contributed by atoms with Crippen LogP contribution in [0.5, 0.6) is 0 Å². The second kappa shape index (κ2) is 6.00. The Morgan fingerprint density at radius 3 is 2.72 bits per heavy atom. The van der Waals surface area contributed by atoms with Crippen molar-refractivity contribution in [3.8, 4) is 0 Å². The van der Waals surface area contributed by atoms with Crippen LogP contribution in [0.25, 0.3) is 0 Å². The normalized spacial score (nSPS) is 24.2.